The fraction of sp³-hybridized carbons (Fsp3) is 0.300. The number of hydrogen-bond acceptors (Lipinski definition) is 2. The Balaban J connectivity index is 0.000000980. The Morgan fingerprint density at radius 2 is 2.36 bits per heavy atom. The summed E-state index contributed by atoms with van der Waals surface area (Å²) in [7, 11) is 0. The van der Waals surface area contributed by atoms with Crippen molar-refractivity contribution in [1.29, 1.82) is 0 Å². The third kappa shape index (κ3) is 2.21. The summed E-state index contributed by atoms with van der Waals surface area (Å²) in [6, 6.07) is 8.47. The molecule has 0 bridgehead atoms. The molecule has 0 fully saturated rings. The summed E-state index contributed by atoms with van der Waals surface area (Å²) in [5.41, 5.74) is 2.09. The number of carbonyl (C=O) groups is 1. The van der Waals surface area contributed by atoms with Crippen LogP contribution in [0.25, 0.3) is 0 Å². The molecule has 1 radical (unpaired) electrons. The maximum Gasteiger partial charge on any atom is 0.333 e. The van der Waals surface area contributed by atoms with Gasteiger partial charge in [0, 0.05) is 26.7 Å². The molecule has 1 atom stereocenters. The van der Waals surface area contributed by atoms with Crippen molar-refractivity contribution in [2.24, 2.45) is 0 Å². The van der Waals surface area contributed by atoms with E-state index in [2.05, 4.69) is 6.07 Å². The molecule has 1 heterocycles. The molecule has 4 heteroatoms. The standard InChI is InChI=1S/C10H9O3.Ir/c11-10(12)9-5-7-3-1-2-4-8(7)6-13-9;/h1,3-4,9H,5-6H2,(H,11,12);/q-1;. The van der Waals surface area contributed by atoms with E-state index in [0.29, 0.717) is 13.0 Å². The number of hydrogen-bond donors (Lipinski definition) is 1. The molecule has 0 saturated carbocycles. The van der Waals surface area contributed by atoms with E-state index in [1.807, 2.05) is 12.1 Å². The topological polar surface area (TPSA) is 46.5 Å². The van der Waals surface area contributed by atoms with Crippen LogP contribution in [-0.2, 0) is 42.7 Å². The minimum absolute atomic E-state index is 0. The van der Waals surface area contributed by atoms with E-state index in [0.717, 1.165) is 11.1 Å². The van der Waals surface area contributed by atoms with Crippen LogP contribution in [0.5, 0.6) is 0 Å². The van der Waals surface area contributed by atoms with Crippen molar-refractivity contribution in [1.82, 2.24) is 0 Å². The molecule has 0 aliphatic carbocycles. The third-order valence-electron chi connectivity index (χ3n) is 2.17. The van der Waals surface area contributed by atoms with Gasteiger partial charge in [0.2, 0.25) is 0 Å². The van der Waals surface area contributed by atoms with Crippen molar-refractivity contribution in [3.63, 3.8) is 0 Å². The van der Waals surface area contributed by atoms with Gasteiger partial charge in [0.25, 0.3) is 0 Å². The van der Waals surface area contributed by atoms with Crippen LogP contribution in [0.3, 0.4) is 0 Å². The molecule has 3 nitrogen and oxygen atoms in total. The average molecular weight is 369 g/mol. The zero-order chi connectivity index (χ0) is 9.26. The largest absolute Gasteiger partial charge is 0.479 e. The fourth-order valence-corrected chi connectivity index (χ4v) is 1.44. The smallest absolute Gasteiger partial charge is 0.333 e. The summed E-state index contributed by atoms with van der Waals surface area (Å²) in [6.07, 6.45) is -0.228. The number of carboxylic acid groups (broad SMARTS) is 1. The summed E-state index contributed by atoms with van der Waals surface area (Å²) in [4.78, 5) is 10.6. The zero-order valence-corrected chi connectivity index (χ0v) is 9.72. The Labute approximate surface area is 95.4 Å². The van der Waals surface area contributed by atoms with Crippen LogP contribution in [0.1, 0.15) is 11.1 Å². The molecular weight excluding hydrogens is 360 g/mol. The van der Waals surface area contributed by atoms with Gasteiger partial charge in [-0.05, 0) is 6.42 Å². The normalized spacial score (nSPS) is 19.3. The predicted molar refractivity (Wildman–Crippen MR) is 45.2 cm³/mol. The molecule has 1 aliphatic rings. The maximum atomic E-state index is 10.6. The number of rotatable bonds is 1. The second-order valence-electron chi connectivity index (χ2n) is 3.04. The predicted octanol–water partition coefficient (Wildman–Crippen LogP) is 1.01. The van der Waals surface area contributed by atoms with Crippen LogP contribution in [0, 0.1) is 6.07 Å². The zero-order valence-electron chi connectivity index (χ0n) is 7.32. The summed E-state index contributed by atoms with van der Waals surface area (Å²) in [5.74, 6) is -0.890. The molecule has 0 spiro atoms. The molecule has 0 saturated heterocycles. The Morgan fingerprint density at radius 1 is 1.57 bits per heavy atom. The summed E-state index contributed by atoms with van der Waals surface area (Å²) < 4.78 is 5.15. The minimum Gasteiger partial charge on any atom is -0.479 e. The molecule has 14 heavy (non-hydrogen) atoms. The minimum atomic E-state index is -0.890. The van der Waals surface area contributed by atoms with Crippen LogP contribution >= 0.6 is 0 Å². The van der Waals surface area contributed by atoms with Gasteiger partial charge in [0.15, 0.2) is 6.10 Å². The van der Waals surface area contributed by atoms with Gasteiger partial charge >= 0.3 is 5.97 Å². The van der Waals surface area contributed by atoms with E-state index < -0.39 is 12.1 Å². The van der Waals surface area contributed by atoms with Crippen molar-refractivity contribution in [3.05, 3.63) is 35.4 Å². The van der Waals surface area contributed by atoms with E-state index in [-0.39, 0.29) is 20.1 Å². The van der Waals surface area contributed by atoms with Crippen LogP contribution in [0.4, 0.5) is 0 Å². The van der Waals surface area contributed by atoms with Gasteiger partial charge in [-0.15, -0.1) is 11.1 Å². The van der Waals surface area contributed by atoms with Crippen molar-refractivity contribution in [2.45, 2.75) is 19.1 Å². The Morgan fingerprint density at radius 3 is 3.07 bits per heavy atom. The molecule has 1 N–H and O–H groups in total. The van der Waals surface area contributed by atoms with Crippen LogP contribution in [0.2, 0.25) is 0 Å². The van der Waals surface area contributed by atoms with Gasteiger partial charge in [-0.25, -0.2) is 4.79 Å². The second-order valence-corrected chi connectivity index (χ2v) is 3.04. The molecule has 1 unspecified atom stereocenters. The maximum absolute atomic E-state index is 10.6. The van der Waals surface area contributed by atoms with Crippen molar-refractivity contribution >= 4 is 5.97 Å². The van der Waals surface area contributed by atoms with Gasteiger partial charge in [0.1, 0.15) is 0 Å². The Kier molecular flexibility index (Phi) is 3.81. The number of fused-ring (bicyclic) bond motifs is 1. The Hall–Kier alpha value is -0.701. The molecule has 0 aromatic heterocycles. The Bertz CT molecular complexity index is 338. The van der Waals surface area contributed by atoms with Gasteiger partial charge in [-0.2, -0.15) is 24.3 Å². The number of carboxylic acids is 1. The molecular formula is C10H9IrO3-. The van der Waals surface area contributed by atoms with E-state index in [9.17, 15) is 4.79 Å². The number of ether oxygens (including phenoxy) is 1. The van der Waals surface area contributed by atoms with Crippen LogP contribution < -0.4 is 0 Å². The SMILES string of the molecule is O=C(O)C1Cc2cc[c-]cc2CO1.[Ir]. The van der Waals surface area contributed by atoms with Gasteiger partial charge in [-0.3, -0.25) is 0 Å². The fourth-order valence-electron chi connectivity index (χ4n) is 1.44. The molecule has 1 aliphatic heterocycles. The first-order valence-electron chi connectivity index (χ1n) is 4.09. The first-order chi connectivity index (χ1) is 6.27. The third-order valence-corrected chi connectivity index (χ3v) is 2.17. The molecule has 1 aromatic rings. The van der Waals surface area contributed by atoms with Crippen LogP contribution in [-0.4, -0.2) is 17.2 Å². The number of aliphatic carboxylic acids is 1. The van der Waals surface area contributed by atoms with E-state index in [1.165, 1.54) is 0 Å². The van der Waals surface area contributed by atoms with Crippen molar-refractivity contribution in [2.75, 3.05) is 0 Å². The summed E-state index contributed by atoms with van der Waals surface area (Å²) >= 11 is 0. The molecule has 0 amide bonds. The van der Waals surface area contributed by atoms with E-state index >= 15 is 0 Å². The van der Waals surface area contributed by atoms with Crippen LogP contribution in [0.15, 0.2) is 18.2 Å². The summed E-state index contributed by atoms with van der Waals surface area (Å²) in [5, 5.41) is 8.73. The average Bonchev–Trinajstić information content (AvgIpc) is 2.17. The van der Waals surface area contributed by atoms with E-state index in [1.54, 1.807) is 6.07 Å². The van der Waals surface area contributed by atoms with Gasteiger partial charge < -0.3 is 9.84 Å². The first kappa shape index (κ1) is 11.4. The van der Waals surface area contributed by atoms with Crippen molar-refractivity contribution < 1.29 is 34.7 Å². The van der Waals surface area contributed by atoms with E-state index in [4.69, 9.17) is 9.84 Å². The van der Waals surface area contributed by atoms with Gasteiger partial charge in [0.05, 0.1) is 0 Å². The monoisotopic (exact) mass is 370 g/mol. The summed E-state index contributed by atoms with van der Waals surface area (Å²) in [6.45, 7) is 0.379. The molecule has 1 aromatic carbocycles. The second kappa shape index (κ2) is 4.69. The van der Waals surface area contributed by atoms with Gasteiger partial charge in [-0.1, -0.05) is 0 Å². The van der Waals surface area contributed by atoms with Crippen molar-refractivity contribution in [3.8, 4) is 0 Å². The quantitative estimate of drug-likeness (QED) is 0.752. The molecule has 77 valence electrons. The number of benzene rings is 1. The molecule has 2 rings (SSSR count). The first-order valence-corrected chi connectivity index (χ1v) is 4.09.